The molecule has 4 N–H and O–H groups in total. The van der Waals surface area contributed by atoms with E-state index in [0.29, 0.717) is 0 Å². The zero-order chi connectivity index (χ0) is 28.1. The highest BCUT2D eigenvalue weighted by Crippen LogP contribution is 2.34. The number of sulfonamides is 1. The van der Waals surface area contributed by atoms with E-state index in [9.17, 15) is 30.0 Å². The van der Waals surface area contributed by atoms with E-state index >= 15 is 0 Å². The van der Waals surface area contributed by atoms with Gasteiger partial charge in [0.15, 0.2) is 0 Å². The molecule has 3 rings (SSSR count). The molecule has 0 aliphatic carbocycles. The summed E-state index contributed by atoms with van der Waals surface area (Å²) in [7, 11) is -10.1. The Morgan fingerprint density at radius 2 is 1.57 bits per heavy atom. The molecule has 37 heavy (non-hydrogen) atoms. The van der Waals surface area contributed by atoms with Gasteiger partial charge >= 0.3 is 5.51 Å². The zero-order valence-corrected chi connectivity index (χ0v) is 23.2. The molecule has 0 bridgehead atoms. The fraction of sp³-hybridized carbons (Fsp3) is 0.478. The van der Waals surface area contributed by atoms with Crippen LogP contribution in [0.4, 0.5) is 18.9 Å². The number of benzene rings is 2. The number of thioether (sulfide) groups is 1. The summed E-state index contributed by atoms with van der Waals surface area (Å²) in [5.41, 5.74) is -1.21. The molecular weight excluding hydrogens is 551 g/mol. The van der Waals surface area contributed by atoms with Gasteiger partial charge in [-0.25, -0.2) is 22.0 Å². The van der Waals surface area contributed by atoms with Crippen LogP contribution in [0.25, 0.3) is 0 Å². The molecule has 2 aromatic rings. The topological polar surface area (TPSA) is 133 Å². The van der Waals surface area contributed by atoms with E-state index < -0.39 is 40.8 Å². The van der Waals surface area contributed by atoms with E-state index in [-0.39, 0.29) is 6.07 Å². The Balaban J connectivity index is 0.000000347. The molecule has 1 saturated heterocycles. The smallest absolute Gasteiger partial charge is 0.398 e. The number of nitrogen functional groups attached to an aromatic ring is 1. The van der Waals surface area contributed by atoms with Gasteiger partial charge in [-0.15, -0.1) is 11.8 Å². The molecule has 2 aromatic carbocycles. The summed E-state index contributed by atoms with van der Waals surface area (Å²) in [6.45, 7) is 9.30. The van der Waals surface area contributed by atoms with Gasteiger partial charge in [0.1, 0.15) is 4.90 Å². The number of sulfone groups is 1. The molecule has 1 aliphatic heterocycles. The fourth-order valence-corrected chi connectivity index (χ4v) is 5.48. The zero-order valence-electron chi connectivity index (χ0n) is 20.8. The standard InChI is InChI=1S/C14H21NOS.C7H7F3N2O4S2.C2H6/c1-2-6-14(7-3-1)17-13-5-4-8-15-9-11-16-12-10-15;8-7(9,10)17(13,14)6-3-4(18(12,15)16)1-2-5(6)11;1-2/h1-3,6-7H,4-5,8-13H2;1-3H,11H2,(H2,12,15,16);1-2H3. The third-order valence-electron chi connectivity index (χ3n) is 4.89. The maximum atomic E-state index is 12.3. The number of nitrogens with two attached hydrogens (primary N) is 2. The largest absolute Gasteiger partial charge is 0.501 e. The van der Waals surface area contributed by atoms with Crippen LogP contribution in [-0.4, -0.2) is 65.8 Å². The van der Waals surface area contributed by atoms with E-state index in [1.54, 1.807) is 0 Å². The number of morpholine rings is 1. The first-order valence-corrected chi connectivity index (χ1v) is 15.6. The highest BCUT2D eigenvalue weighted by Gasteiger charge is 2.48. The molecule has 0 spiro atoms. The number of halogens is 3. The number of nitrogens with zero attached hydrogens (tertiary/aromatic N) is 1. The maximum Gasteiger partial charge on any atom is 0.501 e. The van der Waals surface area contributed by atoms with Crippen LogP contribution in [0, 0.1) is 0 Å². The van der Waals surface area contributed by atoms with Gasteiger partial charge in [-0.3, -0.25) is 4.90 Å². The first-order chi connectivity index (χ1) is 17.3. The first-order valence-electron chi connectivity index (χ1n) is 11.5. The van der Waals surface area contributed by atoms with Gasteiger partial charge < -0.3 is 10.5 Å². The molecule has 8 nitrogen and oxygen atoms in total. The van der Waals surface area contributed by atoms with Crippen molar-refractivity contribution >= 4 is 37.3 Å². The minimum absolute atomic E-state index is 0.271. The second-order valence-corrected chi connectivity index (χ2v) is 12.2. The van der Waals surface area contributed by atoms with Crippen LogP contribution in [0.3, 0.4) is 0 Å². The Bertz CT molecular complexity index is 1160. The molecule has 0 radical (unpaired) electrons. The molecule has 210 valence electrons. The Morgan fingerprint density at radius 3 is 2.11 bits per heavy atom. The minimum Gasteiger partial charge on any atom is -0.398 e. The summed E-state index contributed by atoms with van der Waals surface area (Å²) in [6, 6.07) is 12.5. The van der Waals surface area contributed by atoms with Crippen molar-refractivity contribution in [3.63, 3.8) is 0 Å². The van der Waals surface area contributed by atoms with Crippen LogP contribution < -0.4 is 10.9 Å². The third-order valence-corrected chi connectivity index (χ3v) is 8.44. The fourth-order valence-electron chi connectivity index (χ4n) is 3.02. The van der Waals surface area contributed by atoms with Crippen molar-refractivity contribution in [2.24, 2.45) is 5.14 Å². The van der Waals surface area contributed by atoms with Crippen LogP contribution in [0.1, 0.15) is 26.7 Å². The molecule has 0 atom stereocenters. The van der Waals surface area contributed by atoms with Crippen molar-refractivity contribution in [3.8, 4) is 0 Å². The predicted octanol–water partition coefficient (Wildman–Crippen LogP) is 4.13. The number of rotatable bonds is 8. The van der Waals surface area contributed by atoms with Gasteiger partial charge in [0, 0.05) is 18.0 Å². The number of ether oxygens (including phenoxy) is 1. The van der Waals surface area contributed by atoms with Crippen LogP contribution in [-0.2, 0) is 24.6 Å². The van der Waals surface area contributed by atoms with Gasteiger partial charge in [0.25, 0.3) is 9.84 Å². The van der Waals surface area contributed by atoms with Crippen molar-refractivity contribution in [1.82, 2.24) is 4.90 Å². The highest BCUT2D eigenvalue weighted by molar-refractivity contribution is 7.99. The molecule has 1 aliphatic rings. The van der Waals surface area contributed by atoms with E-state index in [4.69, 9.17) is 10.5 Å². The number of anilines is 1. The van der Waals surface area contributed by atoms with E-state index in [2.05, 4.69) is 40.4 Å². The Hall–Kier alpha value is -1.84. The van der Waals surface area contributed by atoms with Crippen molar-refractivity contribution in [1.29, 1.82) is 0 Å². The van der Waals surface area contributed by atoms with Crippen LogP contribution in [0.5, 0.6) is 0 Å². The SMILES string of the molecule is CC.Nc1ccc(S(N)(=O)=O)cc1S(=O)(=O)C(F)(F)F.c1ccc(SCCCCN2CCOCC2)cc1. The highest BCUT2D eigenvalue weighted by atomic mass is 32.2. The minimum atomic E-state index is -5.73. The predicted molar refractivity (Wildman–Crippen MR) is 140 cm³/mol. The number of unbranched alkanes of at least 4 members (excludes halogenated alkanes) is 1. The van der Waals surface area contributed by atoms with E-state index in [1.807, 2.05) is 25.6 Å². The molecule has 14 heteroatoms. The van der Waals surface area contributed by atoms with Crippen molar-refractivity contribution in [2.45, 2.75) is 46.9 Å². The Labute approximate surface area is 221 Å². The molecule has 0 aromatic heterocycles. The third kappa shape index (κ3) is 11.2. The van der Waals surface area contributed by atoms with E-state index in [0.717, 1.165) is 38.4 Å². The summed E-state index contributed by atoms with van der Waals surface area (Å²) in [5, 5.41) is 4.68. The number of primary sulfonamides is 1. The molecule has 0 unspecified atom stereocenters. The maximum absolute atomic E-state index is 12.3. The second kappa shape index (κ2) is 15.5. The summed E-state index contributed by atoms with van der Waals surface area (Å²) in [6.07, 6.45) is 2.61. The summed E-state index contributed by atoms with van der Waals surface area (Å²) >= 11 is 1.96. The van der Waals surface area contributed by atoms with Gasteiger partial charge in [-0.05, 0) is 55.5 Å². The van der Waals surface area contributed by atoms with Crippen LogP contribution >= 0.6 is 11.8 Å². The van der Waals surface area contributed by atoms with Crippen molar-refractivity contribution in [2.75, 3.05) is 44.3 Å². The summed E-state index contributed by atoms with van der Waals surface area (Å²) in [4.78, 5) is 1.77. The average molecular weight is 586 g/mol. The number of hydrogen-bond donors (Lipinski definition) is 2. The van der Waals surface area contributed by atoms with E-state index in [1.165, 1.54) is 30.0 Å². The van der Waals surface area contributed by atoms with Crippen LogP contribution in [0.2, 0.25) is 0 Å². The van der Waals surface area contributed by atoms with Gasteiger partial charge in [-0.2, -0.15) is 13.2 Å². The lowest BCUT2D eigenvalue weighted by molar-refractivity contribution is -0.0435. The Kier molecular flexibility index (Phi) is 13.9. The summed E-state index contributed by atoms with van der Waals surface area (Å²) < 4.78 is 86.3. The monoisotopic (exact) mass is 585 g/mol. The summed E-state index contributed by atoms with van der Waals surface area (Å²) in [5.74, 6) is 1.23. The lowest BCUT2D eigenvalue weighted by atomic mass is 10.3. The van der Waals surface area contributed by atoms with Gasteiger partial charge in [0.2, 0.25) is 10.0 Å². The normalized spacial score (nSPS) is 14.6. The number of hydrogen-bond acceptors (Lipinski definition) is 8. The first kappa shape index (κ1) is 33.2. The molecule has 0 amide bonds. The quantitative estimate of drug-likeness (QED) is 0.269. The van der Waals surface area contributed by atoms with Crippen molar-refractivity contribution < 1.29 is 34.7 Å². The molecule has 1 fully saturated rings. The van der Waals surface area contributed by atoms with Crippen molar-refractivity contribution in [3.05, 3.63) is 48.5 Å². The molecular formula is C23H34F3N3O5S3. The lowest BCUT2D eigenvalue weighted by Crippen LogP contribution is -2.36. The average Bonchev–Trinajstić information content (AvgIpc) is 2.85. The van der Waals surface area contributed by atoms with Gasteiger partial charge in [0.05, 0.1) is 23.8 Å². The number of alkyl halides is 3. The van der Waals surface area contributed by atoms with Crippen LogP contribution in [0.15, 0.2) is 63.2 Å². The second-order valence-electron chi connectivity index (χ2n) is 7.52. The lowest BCUT2D eigenvalue weighted by Gasteiger charge is -2.26. The molecule has 1 heterocycles. The Morgan fingerprint density at radius 1 is 0.973 bits per heavy atom. The molecule has 0 saturated carbocycles. The van der Waals surface area contributed by atoms with Gasteiger partial charge in [-0.1, -0.05) is 32.0 Å².